The van der Waals surface area contributed by atoms with Gasteiger partial charge in [0.25, 0.3) is 5.56 Å². The molecule has 1 atom stereocenters. The third-order valence-electron chi connectivity index (χ3n) is 6.61. The van der Waals surface area contributed by atoms with Crippen molar-refractivity contribution in [2.45, 2.75) is 25.7 Å². The van der Waals surface area contributed by atoms with Crippen LogP contribution in [0.2, 0.25) is 0 Å². The third-order valence-corrected chi connectivity index (χ3v) is 7.05. The summed E-state index contributed by atoms with van der Waals surface area (Å²) in [5.74, 6) is 0. The average molecular weight is 426 g/mol. The molecule has 2 aromatic heterocycles. The van der Waals surface area contributed by atoms with Gasteiger partial charge in [0.05, 0.1) is 0 Å². The molecule has 1 saturated carbocycles. The van der Waals surface area contributed by atoms with Gasteiger partial charge in [0.1, 0.15) is 5.52 Å². The summed E-state index contributed by atoms with van der Waals surface area (Å²) in [7, 11) is 1.78. The maximum Gasteiger partial charge on any atom is 0.274 e. The van der Waals surface area contributed by atoms with Crippen LogP contribution in [-0.4, -0.2) is 37.9 Å². The Bertz CT molecular complexity index is 1190. The van der Waals surface area contributed by atoms with Crippen molar-refractivity contribution in [3.05, 3.63) is 52.6 Å². The SMILES string of the molecule is Cn1cc(-c2cc(CCNS(=O)[O-])ccc2N2CCC3(CC3)C2)c2cc[nH]c2c1=O. The van der Waals surface area contributed by atoms with Crippen molar-refractivity contribution in [1.82, 2.24) is 14.3 Å². The number of benzene rings is 1. The molecule has 5 rings (SSSR count). The molecular weight excluding hydrogens is 400 g/mol. The van der Waals surface area contributed by atoms with Crippen LogP contribution in [0.5, 0.6) is 0 Å². The smallest absolute Gasteiger partial charge is 0.274 e. The van der Waals surface area contributed by atoms with Gasteiger partial charge in [0, 0.05) is 72.5 Å². The lowest BCUT2D eigenvalue weighted by Gasteiger charge is -2.24. The van der Waals surface area contributed by atoms with E-state index in [4.69, 9.17) is 0 Å². The summed E-state index contributed by atoms with van der Waals surface area (Å²) in [4.78, 5) is 18.1. The van der Waals surface area contributed by atoms with E-state index in [1.165, 1.54) is 24.9 Å². The van der Waals surface area contributed by atoms with Crippen molar-refractivity contribution in [2.24, 2.45) is 12.5 Å². The van der Waals surface area contributed by atoms with E-state index in [1.54, 1.807) is 11.6 Å². The molecule has 158 valence electrons. The first kappa shape index (κ1) is 19.5. The molecule has 1 spiro atoms. The van der Waals surface area contributed by atoms with Crippen molar-refractivity contribution >= 4 is 27.9 Å². The van der Waals surface area contributed by atoms with E-state index in [0.717, 1.165) is 35.2 Å². The van der Waals surface area contributed by atoms with Crippen LogP contribution in [-0.2, 0) is 24.7 Å². The Morgan fingerprint density at radius 1 is 1.23 bits per heavy atom. The first-order valence-corrected chi connectivity index (χ1v) is 11.4. The molecule has 8 heteroatoms. The molecule has 1 aliphatic heterocycles. The molecule has 3 heterocycles. The molecule has 1 unspecified atom stereocenters. The van der Waals surface area contributed by atoms with Crippen molar-refractivity contribution in [3.8, 4) is 11.1 Å². The standard InChI is InChI=1S/C22H26N4O3S/c1-25-13-18(16-5-9-23-20(16)21(25)27)17-12-15(4-10-24-30(28)29)2-3-19(17)26-11-8-22(14-26)6-7-22/h2-3,5,9,12-13,23-24H,4,6-8,10-11,14H2,1H3,(H,28,29)/p-1. The second-order valence-electron chi connectivity index (χ2n) is 8.63. The topological polar surface area (TPSA) is 93.2 Å². The molecule has 1 saturated heterocycles. The summed E-state index contributed by atoms with van der Waals surface area (Å²) in [6.45, 7) is 2.48. The van der Waals surface area contributed by atoms with Crippen molar-refractivity contribution in [1.29, 1.82) is 0 Å². The van der Waals surface area contributed by atoms with E-state index in [0.29, 0.717) is 23.9 Å². The Balaban J connectivity index is 1.60. The zero-order valence-corrected chi connectivity index (χ0v) is 17.8. The lowest BCUT2D eigenvalue weighted by Crippen LogP contribution is -2.22. The molecular formula is C22H25N4O3S-. The number of aryl methyl sites for hydroxylation is 1. The van der Waals surface area contributed by atoms with Crippen LogP contribution in [0.4, 0.5) is 5.69 Å². The zero-order valence-electron chi connectivity index (χ0n) is 16.9. The summed E-state index contributed by atoms with van der Waals surface area (Å²) in [6.07, 6.45) is 8.19. The summed E-state index contributed by atoms with van der Waals surface area (Å²) >= 11 is -2.26. The van der Waals surface area contributed by atoms with Gasteiger partial charge in [-0.3, -0.25) is 9.00 Å². The van der Waals surface area contributed by atoms with Crippen LogP contribution < -0.4 is 15.2 Å². The average Bonchev–Trinajstić information content (AvgIpc) is 3.12. The maximum absolute atomic E-state index is 12.5. The molecule has 2 aliphatic rings. The zero-order chi connectivity index (χ0) is 20.9. The summed E-state index contributed by atoms with van der Waals surface area (Å²) in [5, 5.41) is 0.913. The Morgan fingerprint density at radius 2 is 2.07 bits per heavy atom. The van der Waals surface area contributed by atoms with E-state index in [2.05, 4.69) is 32.8 Å². The molecule has 30 heavy (non-hydrogen) atoms. The number of rotatable bonds is 6. The molecule has 1 aromatic carbocycles. The fraction of sp³-hybridized carbons (Fsp3) is 0.409. The number of fused-ring (bicyclic) bond motifs is 1. The van der Waals surface area contributed by atoms with Gasteiger partial charge < -0.3 is 19.0 Å². The first-order chi connectivity index (χ1) is 14.5. The highest BCUT2D eigenvalue weighted by Gasteiger charge is 2.48. The van der Waals surface area contributed by atoms with Gasteiger partial charge in [0.15, 0.2) is 0 Å². The molecule has 3 aromatic rings. The van der Waals surface area contributed by atoms with Crippen molar-refractivity contribution < 1.29 is 8.76 Å². The third kappa shape index (κ3) is 3.49. The maximum atomic E-state index is 12.5. The van der Waals surface area contributed by atoms with E-state index in [-0.39, 0.29) is 5.56 Å². The highest BCUT2D eigenvalue weighted by Crippen LogP contribution is 2.54. The van der Waals surface area contributed by atoms with Gasteiger partial charge in [-0.15, -0.1) is 0 Å². The van der Waals surface area contributed by atoms with Gasteiger partial charge in [0.2, 0.25) is 0 Å². The highest BCUT2D eigenvalue weighted by molar-refractivity contribution is 7.77. The largest absolute Gasteiger partial charge is 0.760 e. The Labute approximate surface area is 177 Å². The molecule has 0 radical (unpaired) electrons. The van der Waals surface area contributed by atoms with Crippen LogP contribution in [0.1, 0.15) is 24.8 Å². The highest BCUT2D eigenvalue weighted by atomic mass is 32.2. The number of pyridine rings is 1. The summed E-state index contributed by atoms with van der Waals surface area (Å²) < 4.78 is 25.7. The number of H-pyrrole nitrogens is 1. The van der Waals surface area contributed by atoms with Gasteiger partial charge >= 0.3 is 0 Å². The predicted octanol–water partition coefficient (Wildman–Crippen LogP) is 2.45. The van der Waals surface area contributed by atoms with Gasteiger partial charge in [-0.25, -0.2) is 4.72 Å². The monoisotopic (exact) mass is 425 g/mol. The van der Waals surface area contributed by atoms with Gasteiger partial charge in [-0.2, -0.15) is 0 Å². The molecule has 2 fully saturated rings. The lowest BCUT2D eigenvalue weighted by molar-refractivity contribution is 0.523. The molecule has 0 amide bonds. The van der Waals surface area contributed by atoms with Crippen LogP contribution in [0.3, 0.4) is 0 Å². The second-order valence-corrected chi connectivity index (χ2v) is 9.39. The normalized spacial score (nSPS) is 18.4. The quantitative estimate of drug-likeness (QED) is 0.593. The van der Waals surface area contributed by atoms with Crippen LogP contribution >= 0.6 is 0 Å². The van der Waals surface area contributed by atoms with Gasteiger partial charge in [-0.1, -0.05) is 6.07 Å². The minimum absolute atomic E-state index is 0.0447. The fourth-order valence-corrected chi connectivity index (χ4v) is 4.99. The van der Waals surface area contributed by atoms with Crippen molar-refractivity contribution in [3.63, 3.8) is 0 Å². The van der Waals surface area contributed by atoms with Crippen molar-refractivity contribution in [2.75, 3.05) is 24.5 Å². The van der Waals surface area contributed by atoms with Crippen LogP contribution in [0.15, 0.2) is 41.5 Å². The molecule has 1 aliphatic carbocycles. The Kier molecular flexibility index (Phi) is 4.80. The number of aromatic amines is 1. The number of hydrogen-bond acceptors (Lipinski definition) is 4. The number of hydrogen-bond donors (Lipinski definition) is 2. The Morgan fingerprint density at radius 3 is 2.80 bits per heavy atom. The number of anilines is 1. The van der Waals surface area contributed by atoms with Crippen LogP contribution in [0, 0.1) is 5.41 Å². The van der Waals surface area contributed by atoms with Crippen LogP contribution in [0.25, 0.3) is 22.0 Å². The first-order valence-electron chi connectivity index (χ1n) is 10.3. The number of nitrogens with one attached hydrogen (secondary N) is 2. The number of nitrogens with zero attached hydrogens (tertiary/aromatic N) is 2. The van der Waals surface area contributed by atoms with E-state index < -0.39 is 11.3 Å². The lowest BCUT2D eigenvalue weighted by atomic mass is 9.97. The van der Waals surface area contributed by atoms with E-state index >= 15 is 0 Å². The Hall–Kier alpha value is -2.42. The summed E-state index contributed by atoms with van der Waals surface area (Å²) in [5.41, 5.74) is 5.42. The molecule has 0 bridgehead atoms. The summed E-state index contributed by atoms with van der Waals surface area (Å²) in [6, 6.07) is 8.35. The minimum Gasteiger partial charge on any atom is -0.760 e. The molecule has 7 nitrogen and oxygen atoms in total. The number of aromatic nitrogens is 2. The minimum atomic E-state index is -2.26. The predicted molar refractivity (Wildman–Crippen MR) is 118 cm³/mol. The fourth-order valence-electron chi connectivity index (χ4n) is 4.72. The second kappa shape index (κ2) is 7.37. The van der Waals surface area contributed by atoms with E-state index in [9.17, 15) is 13.6 Å². The molecule has 2 N–H and O–H groups in total. The van der Waals surface area contributed by atoms with Gasteiger partial charge in [-0.05, 0) is 54.9 Å². The van der Waals surface area contributed by atoms with E-state index in [1.807, 2.05) is 18.5 Å².